The SMILES string of the molecule is c1cnc2c(c1)nc(CC1CCCNC1)n2CC1CCNC1. The van der Waals surface area contributed by atoms with Gasteiger partial charge in [0.2, 0.25) is 0 Å². The Morgan fingerprint density at radius 1 is 1.14 bits per heavy atom. The van der Waals surface area contributed by atoms with E-state index in [0.717, 1.165) is 43.8 Å². The highest BCUT2D eigenvalue weighted by molar-refractivity contribution is 5.71. The van der Waals surface area contributed by atoms with E-state index in [1.807, 2.05) is 12.3 Å². The molecule has 0 radical (unpaired) electrons. The molecule has 5 nitrogen and oxygen atoms in total. The molecule has 0 saturated carbocycles. The van der Waals surface area contributed by atoms with E-state index in [0.29, 0.717) is 11.8 Å². The quantitative estimate of drug-likeness (QED) is 0.900. The molecule has 2 aromatic rings. The van der Waals surface area contributed by atoms with Crippen LogP contribution in [0.1, 0.15) is 25.1 Å². The van der Waals surface area contributed by atoms with Crippen molar-refractivity contribution in [3.05, 3.63) is 24.2 Å². The van der Waals surface area contributed by atoms with Gasteiger partial charge in [-0.25, -0.2) is 9.97 Å². The summed E-state index contributed by atoms with van der Waals surface area (Å²) in [4.78, 5) is 9.50. The van der Waals surface area contributed by atoms with Crippen LogP contribution in [-0.2, 0) is 13.0 Å². The highest BCUT2D eigenvalue weighted by atomic mass is 15.1. The molecule has 0 bridgehead atoms. The van der Waals surface area contributed by atoms with Crippen LogP contribution in [0.25, 0.3) is 11.2 Å². The van der Waals surface area contributed by atoms with Gasteiger partial charge in [0.15, 0.2) is 5.65 Å². The van der Waals surface area contributed by atoms with Gasteiger partial charge in [-0.1, -0.05) is 0 Å². The van der Waals surface area contributed by atoms with Gasteiger partial charge >= 0.3 is 0 Å². The van der Waals surface area contributed by atoms with Gasteiger partial charge in [-0.05, 0) is 69.4 Å². The summed E-state index contributed by atoms with van der Waals surface area (Å²) in [5.74, 6) is 2.66. The number of hydrogen-bond acceptors (Lipinski definition) is 4. The van der Waals surface area contributed by atoms with Crippen molar-refractivity contribution in [1.29, 1.82) is 0 Å². The van der Waals surface area contributed by atoms with E-state index in [1.54, 1.807) is 0 Å². The summed E-state index contributed by atoms with van der Waals surface area (Å²) >= 11 is 0. The number of piperidine rings is 1. The Bertz CT molecular complexity index is 623. The lowest BCUT2D eigenvalue weighted by Gasteiger charge is -2.23. The molecule has 2 unspecified atom stereocenters. The number of imidazole rings is 1. The number of nitrogens with zero attached hydrogens (tertiary/aromatic N) is 3. The van der Waals surface area contributed by atoms with Crippen molar-refractivity contribution in [2.24, 2.45) is 11.8 Å². The fourth-order valence-corrected chi connectivity index (χ4v) is 3.84. The Kier molecular flexibility index (Phi) is 4.08. The molecule has 2 atom stereocenters. The van der Waals surface area contributed by atoms with Gasteiger partial charge in [-0.2, -0.15) is 0 Å². The molecule has 0 spiro atoms. The van der Waals surface area contributed by atoms with E-state index in [-0.39, 0.29) is 0 Å². The van der Waals surface area contributed by atoms with Crippen LogP contribution in [0.3, 0.4) is 0 Å². The van der Waals surface area contributed by atoms with Crippen molar-refractivity contribution in [3.63, 3.8) is 0 Å². The second-order valence-corrected chi connectivity index (χ2v) is 6.76. The van der Waals surface area contributed by atoms with Crippen molar-refractivity contribution < 1.29 is 0 Å². The molecule has 2 aliphatic rings. The summed E-state index contributed by atoms with van der Waals surface area (Å²) in [7, 11) is 0. The fraction of sp³-hybridized carbons (Fsp3) is 0.647. The average molecular weight is 299 g/mol. The molecule has 0 amide bonds. The van der Waals surface area contributed by atoms with Crippen molar-refractivity contribution >= 4 is 11.2 Å². The minimum Gasteiger partial charge on any atom is -0.316 e. The normalized spacial score (nSPS) is 25.8. The van der Waals surface area contributed by atoms with Gasteiger partial charge < -0.3 is 15.2 Å². The van der Waals surface area contributed by atoms with Gasteiger partial charge in [-0.3, -0.25) is 0 Å². The minimum atomic E-state index is 0.711. The summed E-state index contributed by atoms with van der Waals surface area (Å²) in [6.07, 6.45) is 6.82. The molecular weight excluding hydrogens is 274 g/mol. The Morgan fingerprint density at radius 3 is 2.86 bits per heavy atom. The Balaban J connectivity index is 1.62. The van der Waals surface area contributed by atoms with Crippen molar-refractivity contribution in [3.8, 4) is 0 Å². The first-order valence-corrected chi connectivity index (χ1v) is 8.62. The van der Waals surface area contributed by atoms with Gasteiger partial charge in [0.05, 0.1) is 0 Å². The van der Waals surface area contributed by atoms with Crippen LogP contribution in [0.5, 0.6) is 0 Å². The zero-order valence-corrected chi connectivity index (χ0v) is 13.1. The lowest BCUT2D eigenvalue weighted by atomic mass is 9.96. The Hall–Kier alpha value is -1.46. The van der Waals surface area contributed by atoms with Crippen LogP contribution < -0.4 is 10.6 Å². The molecule has 0 aliphatic carbocycles. The molecule has 4 rings (SSSR count). The second-order valence-electron chi connectivity index (χ2n) is 6.76. The van der Waals surface area contributed by atoms with Crippen molar-refractivity contribution in [2.75, 3.05) is 26.2 Å². The molecule has 0 aromatic carbocycles. The molecule has 2 saturated heterocycles. The number of nitrogens with one attached hydrogen (secondary N) is 2. The third kappa shape index (κ3) is 2.88. The van der Waals surface area contributed by atoms with Gasteiger partial charge in [0, 0.05) is 19.2 Å². The fourth-order valence-electron chi connectivity index (χ4n) is 3.84. The maximum Gasteiger partial charge on any atom is 0.159 e. The summed E-state index contributed by atoms with van der Waals surface area (Å²) in [6, 6.07) is 4.08. The summed E-state index contributed by atoms with van der Waals surface area (Å²) < 4.78 is 2.39. The highest BCUT2D eigenvalue weighted by Crippen LogP contribution is 2.22. The maximum atomic E-state index is 4.90. The van der Waals surface area contributed by atoms with Crippen LogP contribution >= 0.6 is 0 Å². The highest BCUT2D eigenvalue weighted by Gasteiger charge is 2.22. The van der Waals surface area contributed by atoms with E-state index in [2.05, 4.69) is 26.3 Å². The molecule has 2 N–H and O–H groups in total. The van der Waals surface area contributed by atoms with E-state index < -0.39 is 0 Å². The van der Waals surface area contributed by atoms with E-state index in [4.69, 9.17) is 4.98 Å². The van der Waals surface area contributed by atoms with Crippen LogP contribution in [0.4, 0.5) is 0 Å². The molecule has 118 valence electrons. The molecular formula is C17H25N5. The minimum absolute atomic E-state index is 0.711. The van der Waals surface area contributed by atoms with Crippen molar-refractivity contribution in [2.45, 2.75) is 32.2 Å². The Morgan fingerprint density at radius 2 is 2.05 bits per heavy atom. The van der Waals surface area contributed by atoms with Crippen LogP contribution in [0.15, 0.2) is 18.3 Å². The summed E-state index contributed by atoms with van der Waals surface area (Å²) in [6.45, 7) is 5.61. The first kappa shape index (κ1) is 14.2. The molecule has 2 aromatic heterocycles. The zero-order valence-electron chi connectivity index (χ0n) is 13.1. The van der Waals surface area contributed by atoms with Crippen LogP contribution in [-0.4, -0.2) is 40.7 Å². The van der Waals surface area contributed by atoms with Gasteiger partial charge in [0.1, 0.15) is 11.3 Å². The van der Waals surface area contributed by atoms with Gasteiger partial charge in [0.25, 0.3) is 0 Å². The molecule has 2 fully saturated rings. The molecule has 5 heteroatoms. The topological polar surface area (TPSA) is 54.8 Å². The maximum absolute atomic E-state index is 4.90. The standard InChI is InChI=1S/C17H25N5/c1-3-13(10-18-6-1)9-16-21-15-4-2-7-20-17(15)22(16)12-14-5-8-19-11-14/h2,4,7,13-14,18-19H,1,3,5-6,8-12H2. The predicted octanol–water partition coefficient (Wildman–Crippen LogP) is 1.58. The number of aromatic nitrogens is 3. The number of fused-ring (bicyclic) bond motifs is 1. The average Bonchev–Trinajstić information content (AvgIpc) is 3.18. The van der Waals surface area contributed by atoms with E-state index >= 15 is 0 Å². The lowest BCUT2D eigenvalue weighted by Crippen LogP contribution is -2.31. The van der Waals surface area contributed by atoms with E-state index in [1.165, 1.54) is 31.6 Å². The Labute approximate surface area is 131 Å². The van der Waals surface area contributed by atoms with Gasteiger partial charge in [-0.15, -0.1) is 0 Å². The zero-order chi connectivity index (χ0) is 14.8. The molecule has 2 aliphatic heterocycles. The largest absolute Gasteiger partial charge is 0.316 e. The second kappa shape index (κ2) is 6.34. The third-order valence-corrected chi connectivity index (χ3v) is 5.06. The lowest BCUT2D eigenvalue weighted by molar-refractivity contribution is 0.362. The smallest absolute Gasteiger partial charge is 0.159 e. The third-order valence-electron chi connectivity index (χ3n) is 5.06. The number of rotatable bonds is 4. The monoisotopic (exact) mass is 299 g/mol. The summed E-state index contributed by atoms with van der Waals surface area (Å²) in [5, 5.41) is 6.99. The van der Waals surface area contributed by atoms with E-state index in [9.17, 15) is 0 Å². The first-order valence-electron chi connectivity index (χ1n) is 8.62. The van der Waals surface area contributed by atoms with Crippen LogP contribution in [0, 0.1) is 11.8 Å². The van der Waals surface area contributed by atoms with Crippen molar-refractivity contribution in [1.82, 2.24) is 25.2 Å². The number of pyridine rings is 1. The molecule has 22 heavy (non-hydrogen) atoms. The summed E-state index contributed by atoms with van der Waals surface area (Å²) in [5.41, 5.74) is 2.11. The van der Waals surface area contributed by atoms with Crippen LogP contribution in [0.2, 0.25) is 0 Å². The predicted molar refractivity (Wildman–Crippen MR) is 87.8 cm³/mol. The first-order chi connectivity index (χ1) is 10.9. The molecule has 4 heterocycles. The number of hydrogen-bond donors (Lipinski definition) is 2.